The highest BCUT2D eigenvalue weighted by molar-refractivity contribution is 5.79. The van der Waals surface area contributed by atoms with Gasteiger partial charge in [0.1, 0.15) is 5.82 Å². The van der Waals surface area contributed by atoms with Gasteiger partial charge in [0.25, 0.3) is 0 Å². The molecule has 1 saturated heterocycles. The Morgan fingerprint density at radius 3 is 2.71 bits per heavy atom. The van der Waals surface area contributed by atoms with Crippen LogP contribution in [0.25, 0.3) is 6.08 Å². The molecule has 0 spiro atoms. The first-order valence-corrected chi connectivity index (χ1v) is 7.32. The summed E-state index contributed by atoms with van der Waals surface area (Å²) in [6.07, 6.45) is 5.67. The van der Waals surface area contributed by atoms with Crippen LogP contribution in [0.4, 0.5) is 4.39 Å². The zero-order valence-electron chi connectivity index (χ0n) is 12.6. The quantitative estimate of drug-likeness (QED) is 0.926. The number of nitrogens with zero attached hydrogens (tertiary/aromatic N) is 1. The Morgan fingerprint density at radius 1 is 1.43 bits per heavy atom. The molecule has 0 aromatic heterocycles. The van der Waals surface area contributed by atoms with E-state index < -0.39 is 5.60 Å². The molecular formula is C17H22FNO2. The van der Waals surface area contributed by atoms with Gasteiger partial charge in [0.05, 0.1) is 11.6 Å². The molecule has 21 heavy (non-hydrogen) atoms. The minimum atomic E-state index is -0.868. The van der Waals surface area contributed by atoms with Gasteiger partial charge >= 0.3 is 0 Å². The summed E-state index contributed by atoms with van der Waals surface area (Å²) in [6, 6.07) is 6.03. The fourth-order valence-electron chi connectivity index (χ4n) is 2.79. The number of carbonyl (C=O) groups excluding carboxylic acids is 1. The second kappa shape index (κ2) is 6.39. The molecular weight excluding hydrogens is 269 g/mol. The normalized spacial score (nSPS) is 19.4. The van der Waals surface area contributed by atoms with Gasteiger partial charge in [-0.3, -0.25) is 4.79 Å². The maximum Gasteiger partial charge on any atom is 0.226 e. The first-order valence-electron chi connectivity index (χ1n) is 7.32. The zero-order valence-corrected chi connectivity index (χ0v) is 12.6. The van der Waals surface area contributed by atoms with Crippen LogP contribution < -0.4 is 0 Å². The molecule has 0 aliphatic carbocycles. The van der Waals surface area contributed by atoms with E-state index in [2.05, 4.69) is 0 Å². The van der Waals surface area contributed by atoms with Crippen LogP contribution in [0, 0.1) is 5.82 Å². The van der Waals surface area contributed by atoms with Gasteiger partial charge in [-0.25, -0.2) is 4.39 Å². The van der Waals surface area contributed by atoms with Crippen LogP contribution in [0.15, 0.2) is 30.3 Å². The van der Waals surface area contributed by atoms with Crippen molar-refractivity contribution in [3.8, 4) is 0 Å². The van der Waals surface area contributed by atoms with Gasteiger partial charge in [-0.1, -0.05) is 24.3 Å². The summed E-state index contributed by atoms with van der Waals surface area (Å²) in [5, 5.41) is 10.1. The van der Waals surface area contributed by atoms with E-state index in [1.165, 1.54) is 12.1 Å². The number of hydrogen-bond donors (Lipinski definition) is 1. The highest BCUT2D eigenvalue weighted by Crippen LogP contribution is 2.27. The topological polar surface area (TPSA) is 40.5 Å². The lowest BCUT2D eigenvalue weighted by molar-refractivity contribution is -0.135. The second-order valence-corrected chi connectivity index (χ2v) is 6.06. The van der Waals surface area contributed by atoms with Gasteiger partial charge in [0.15, 0.2) is 0 Å². The van der Waals surface area contributed by atoms with E-state index in [0.29, 0.717) is 13.0 Å². The molecule has 114 valence electrons. The standard InChI is InChI=1S/C17H22FNO2/c1-17(2,21)15-6-4-12-19(15)16(20)7-3-5-13-8-10-14(18)11-9-13/h3,5,8-11,15,21H,4,6-7,12H2,1-2H3/b5-3+. The molecule has 1 amide bonds. The number of carbonyl (C=O) groups is 1. The predicted molar refractivity (Wildman–Crippen MR) is 81.1 cm³/mol. The highest BCUT2D eigenvalue weighted by Gasteiger charge is 2.37. The van der Waals surface area contributed by atoms with E-state index >= 15 is 0 Å². The Hall–Kier alpha value is -1.68. The van der Waals surface area contributed by atoms with Crippen molar-refractivity contribution >= 4 is 12.0 Å². The molecule has 3 nitrogen and oxygen atoms in total. The smallest absolute Gasteiger partial charge is 0.226 e. The summed E-state index contributed by atoms with van der Waals surface area (Å²) in [5.41, 5.74) is -0.00280. The minimum absolute atomic E-state index is 0.0259. The maximum absolute atomic E-state index is 12.8. The fourth-order valence-corrected chi connectivity index (χ4v) is 2.79. The number of hydrogen-bond acceptors (Lipinski definition) is 2. The van der Waals surface area contributed by atoms with E-state index in [1.807, 2.05) is 6.08 Å². The molecule has 1 aliphatic heterocycles. The lowest BCUT2D eigenvalue weighted by Gasteiger charge is -2.33. The van der Waals surface area contributed by atoms with E-state index in [0.717, 1.165) is 18.4 Å². The third kappa shape index (κ3) is 4.14. The molecule has 0 radical (unpaired) electrons. The monoisotopic (exact) mass is 291 g/mol. The van der Waals surface area contributed by atoms with Crippen LogP contribution >= 0.6 is 0 Å². The van der Waals surface area contributed by atoms with Crippen LogP contribution in [0.5, 0.6) is 0 Å². The number of aliphatic hydroxyl groups is 1. The molecule has 1 fully saturated rings. The second-order valence-electron chi connectivity index (χ2n) is 6.06. The Bertz CT molecular complexity index is 517. The van der Waals surface area contributed by atoms with Crippen LogP contribution in [-0.4, -0.2) is 34.1 Å². The maximum atomic E-state index is 12.8. The van der Waals surface area contributed by atoms with E-state index in [-0.39, 0.29) is 17.8 Å². The van der Waals surface area contributed by atoms with Gasteiger partial charge in [-0.15, -0.1) is 0 Å². The molecule has 2 rings (SSSR count). The van der Waals surface area contributed by atoms with E-state index in [9.17, 15) is 14.3 Å². The number of rotatable bonds is 4. The first kappa shape index (κ1) is 15.7. The zero-order chi connectivity index (χ0) is 15.5. The van der Waals surface area contributed by atoms with Gasteiger partial charge in [0, 0.05) is 13.0 Å². The van der Waals surface area contributed by atoms with Gasteiger partial charge in [-0.2, -0.15) is 0 Å². The van der Waals surface area contributed by atoms with Crippen molar-refractivity contribution in [2.75, 3.05) is 6.54 Å². The molecule has 1 atom stereocenters. The first-order chi connectivity index (χ1) is 9.88. The third-order valence-electron chi connectivity index (χ3n) is 3.86. The molecule has 0 saturated carbocycles. The molecule has 1 aromatic carbocycles. The SMILES string of the molecule is CC(C)(O)C1CCCN1C(=O)C/C=C/c1ccc(F)cc1. The molecule has 1 N–H and O–H groups in total. The predicted octanol–water partition coefficient (Wildman–Crippen LogP) is 2.99. The average molecular weight is 291 g/mol. The largest absolute Gasteiger partial charge is 0.388 e. The summed E-state index contributed by atoms with van der Waals surface area (Å²) >= 11 is 0. The van der Waals surface area contributed by atoms with Crippen LogP contribution in [-0.2, 0) is 4.79 Å². The number of benzene rings is 1. The van der Waals surface area contributed by atoms with Crippen molar-refractivity contribution in [2.45, 2.75) is 44.8 Å². The van der Waals surface area contributed by atoms with Crippen LogP contribution in [0.2, 0.25) is 0 Å². The summed E-state index contributed by atoms with van der Waals surface area (Å²) in [4.78, 5) is 14.0. The van der Waals surface area contributed by atoms with E-state index in [1.54, 1.807) is 37.0 Å². The average Bonchev–Trinajstić information content (AvgIpc) is 2.90. The Kier molecular flexibility index (Phi) is 4.78. The molecule has 1 unspecified atom stereocenters. The van der Waals surface area contributed by atoms with Crippen molar-refractivity contribution < 1.29 is 14.3 Å². The number of likely N-dealkylation sites (tertiary alicyclic amines) is 1. The summed E-state index contributed by atoms with van der Waals surface area (Å²) in [5.74, 6) is -0.244. The van der Waals surface area contributed by atoms with Crippen molar-refractivity contribution in [2.24, 2.45) is 0 Å². The van der Waals surface area contributed by atoms with Crippen molar-refractivity contribution in [1.29, 1.82) is 0 Å². The lowest BCUT2D eigenvalue weighted by atomic mass is 9.96. The molecule has 1 aliphatic rings. The summed E-state index contributed by atoms with van der Waals surface area (Å²) in [6.45, 7) is 4.20. The third-order valence-corrected chi connectivity index (χ3v) is 3.86. The Balaban J connectivity index is 1.94. The van der Waals surface area contributed by atoms with Crippen LogP contribution in [0.1, 0.15) is 38.7 Å². The Labute approximate surface area is 125 Å². The Morgan fingerprint density at radius 2 is 2.10 bits per heavy atom. The van der Waals surface area contributed by atoms with Crippen molar-refractivity contribution in [3.63, 3.8) is 0 Å². The fraction of sp³-hybridized carbons (Fsp3) is 0.471. The minimum Gasteiger partial charge on any atom is -0.388 e. The lowest BCUT2D eigenvalue weighted by Crippen LogP contribution is -2.48. The van der Waals surface area contributed by atoms with Crippen LogP contribution in [0.3, 0.4) is 0 Å². The summed E-state index contributed by atoms with van der Waals surface area (Å²) < 4.78 is 12.8. The van der Waals surface area contributed by atoms with Crippen molar-refractivity contribution in [3.05, 3.63) is 41.7 Å². The van der Waals surface area contributed by atoms with Gasteiger partial charge in [0.2, 0.25) is 5.91 Å². The number of amides is 1. The molecule has 4 heteroatoms. The van der Waals surface area contributed by atoms with E-state index in [4.69, 9.17) is 0 Å². The molecule has 1 heterocycles. The van der Waals surface area contributed by atoms with Gasteiger partial charge in [-0.05, 0) is 44.4 Å². The van der Waals surface area contributed by atoms with Crippen molar-refractivity contribution in [1.82, 2.24) is 4.90 Å². The summed E-state index contributed by atoms with van der Waals surface area (Å²) in [7, 11) is 0. The molecule has 1 aromatic rings. The number of halogens is 1. The highest BCUT2D eigenvalue weighted by atomic mass is 19.1. The molecule has 0 bridgehead atoms. The van der Waals surface area contributed by atoms with Gasteiger partial charge < -0.3 is 10.0 Å².